The maximum Gasteiger partial charge on any atom is 0.182 e. The van der Waals surface area contributed by atoms with E-state index in [1.807, 2.05) is 31.3 Å². The molecule has 0 aliphatic rings. The average Bonchev–Trinajstić information content (AvgIpc) is 2.93. The summed E-state index contributed by atoms with van der Waals surface area (Å²) in [4.78, 5) is 6.71. The van der Waals surface area contributed by atoms with Crippen molar-refractivity contribution in [2.45, 2.75) is 13.0 Å². The summed E-state index contributed by atoms with van der Waals surface area (Å²) < 4.78 is 5.68. The van der Waals surface area contributed by atoms with Crippen LogP contribution in [0.1, 0.15) is 12.1 Å². The Morgan fingerprint density at radius 1 is 1.38 bits per heavy atom. The lowest BCUT2D eigenvalue weighted by Gasteiger charge is -2.15. The van der Waals surface area contributed by atoms with E-state index in [4.69, 9.17) is 16.3 Å². The fourth-order valence-electron chi connectivity index (χ4n) is 1.93. The van der Waals surface area contributed by atoms with Crippen LogP contribution in [0.25, 0.3) is 0 Å². The van der Waals surface area contributed by atoms with Crippen LogP contribution in [0.5, 0.6) is 5.75 Å². The van der Waals surface area contributed by atoms with Crippen molar-refractivity contribution in [3.05, 3.63) is 40.4 Å². The van der Waals surface area contributed by atoms with E-state index in [0.29, 0.717) is 11.6 Å². The number of thiazole rings is 1. The minimum atomic E-state index is 0.660. The molecule has 2 rings (SSSR count). The summed E-state index contributed by atoms with van der Waals surface area (Å²) in [6.07, 6.45) is 0.949. The monoisotopic (exact) mass is 325 g/mol. The van der Waals surface area contributed by atoms with Crippen LogP contribution in [0.3, 0.4) is 0 Å². The Morgan fingerprint density at radius 2 is 2.19 bits per heavy atom. The highest BCUT2D eigenvalue weighted by atomic mass is 35.5. The smallest absolute Gasteiger partial charge is 0.182 e. The van der Waals surface area contributed by atoms with Crippen LogP contribution in [0.15, 0.2) is 29.6 Å². The first kappa shape index (κ1) is 16.1. The van der Waals surface area contributed by atoms with Gasteiger partial charge in [0.1, 0.15) is 5.75 Å². The standard InChI is InChI=1S/C15H20ClN3OS/c1-17-15-18-12(11-21-15)10-19(2)8-5-9-20-14-7-4-3-6-13(14)16/h3-4,6-7,11H,5,8-10H2,1-2H3,(H,17,18). The van der Waals surface area contributed by atoms with E-state index in [2.05, 4.69) is 27.6 Å². The zero-order chi connectivity index (χ0) is 15.1. The van der Waals surface area contributed by atoms with Gasteiger partial charge in [-0.15, -0.1) is 11.3 Å². The van der Waals surface area contributed by atoms with Crippen molar-refractivity contribution in [2.75, 3.05) is 32.6 Å². The highest BCUT2D eigenvalue weighted by molar-refractivity contribution is 7.13. The molecule has 0 spiro atoms. The summed E-state index contributed by atoms with van der Waals surface area (Å²) in [5, 5.41) is 6.76. The number of rotatable bonds is 8. The van der Waals surface area contributed by atoms with E-state index in [1.54, 1.807) is 11.3 Å². The summed E-state index contributed by atoms with van der Waals surface area (Å²) >= 11 is 7.67. The largest absolute Gasteiger partial charge is 0.492 e. The normalized spacial score (nSPS) is 10.9. The van der Waals surface area contributed by atoms with Crippen LogP contribution in [-0.4, -0.2) is 37.1 Å². The Morgan fingerprint density at radius 3 is 2.90 bits per heavy atom. The lowest BCUT2D eigenvalue weighted by Crippen LogP contribution is -2.21. The van der Waals surface area contributed by atoms with Gasteiger partial charge >= 0.3 is 0 Å². The van der Waals surface area contributed by atoms with Gasteiger partial charge in [0.2, 0.25) is 0 Å². The molecule has 1 heterocycles. The number of nitrogens with zero attached hydrogens (tertiary/aromatic N) is 2. The van der Waals surface area contributed by atoms with Crippen LogP contribution in [0.4, 0.5) is 5.13 Å². The molecule has 2 aromatic rings. The summed E-state index contributed by atoms with van der Waals surface area (Å²) in [6.45, 7) is 2.47. The molecule has 1 N–H and O–H groups in total. The van der Waals surface area contributed by atoms with Gasteiger partial charge in [-0.05, 0) is 25.6 Å². The molecule has 0 aliphatic heterocycles. The van der Waals surface area contributed by atoms with Crippen LogP contribution in [0, 0.1) is 0 Å². The fraction of sp³-hybridized carbons (Fsp3) is 0.400. The van der Waals surface area contributed by atoms with Gasteiger partial charge in [0, 0.05) is 25.5 Å². The lowest BCUT2D eigenvalue weighted by atomic mass is 10.3. The summed E-state index contributed by atoms with van der Waals surface area (Å²) in [5.74, 6) is 0.750. The van der Waals surface area contributed by atoms with E-state index in [9.17, 15) is 0 Å². The Kier molecular flexibility index (Phi) is 6.29. The van der Waals surface area contributed by atoms with Gasteiger partial charge < -0.3 is 15.0 Å². The first-order chi connectivity index (χ1) is 10.2. The van der Waals surface area contributed by atoms with Crippen molar-refractivity contribution in [1.82, 2.24) is 9.88 Å². The van der Waals surface area contributed by atoms with Crippen molar-refractivity contribution in [2.24, 2.45) is 0 Å². The average molecular weight is 326 g/mol. The fourth-order valence-corrected chi connectivity index (χ4v) is 2.78. The molecule has 0 radical (unpaired) electrons. The zero-order valence-corrected chi connectivity index (χ0v) is 13.9. The Balaban J connectivity index is 1.67. The van der Waals surface area contributed by atoms with E-state index >= 15 is 0 Å². The number of ether oxygens (including phenoxy) is 1. The Hall–Kier alpha value is -1.30. The number of para-hydroxylation sites is 1. The van der Waals surface area contributed by atoms with Crippen LogP contribution < -0.4 is 10.1 Å². The topological polar surface area (TPSA) is 37.4 Å². The summed E-state index contributed by atoms with van der Waals surface area (Å²) in [5.41, 5.74) is 1.10. The van der Waals surface area contributed by atoms with Gasteiger partial charge in [-0.25, -0.2) is 4.98 Å². The summed E-state index contributed by atoms with van der Waals surface area (Å²) in [7, 11) is 3.98. The highest BCUT2D eigenvalue weighted by Crippen LogP contribution is 2.23. The SMILES string of the molecule is CNc1nc(CN(C)CCCOc2ccccc2Cl)cs1. The van der Waals surface area contributed by atoms with Crippen LogP contribution in [0.2, 0.25) is 5.02 Å². The molecule has 0 amide bonds. The van der Waals surface area contributed by atoms with Crippen molar-refractivity contribution < 1.29 is 4.74 Å². The maximum absolute atomic E-state index is 6.04. The quantitative estimate of drug-likeness (QED) is 0.750. The van der Waals surface area contributed by atoms with E-state index in [1.165, 1.54) is 0 Å². The molecule has 0 saturated heterocycles. The van der Waals surface area contributed by atoms with Gasteiger partial charge in [0.05, 0.1) is 17.3 Å². The number of hydrogen-bond acceptors (Lipinski definition) is 5. The van der Waals surface area contributed by atoms with Gasteiger partial charge in [-0.3, -0.25) is 0 Å². The number of aromatic nitrogens is 1. The Labute approximate surface area is 134 Å². The molecule has 4 nitrogen and oxygen atoms in total. The summed E-state index contributed by atoms with van der Waals surface area (Å²) in [6, 6.07) is 7.55. The molecular weight excluding hydrogens is 306 g/mol. The third-order valence-electron chi connectivity index (χ3n) is 2.98. The molecule has 6 heteroatoms. The van der Waals surface area contributed by atoms with Gasteiger partial charge in [0.15, 0.2) is 5.13 Å². The number of anilines is 1. The molecule has 0 bridgehead atoms. The highest BCUT2D eigenvalue weighted by Gasteiger charge is 2.05. The number of halogens is 1. The van der Waals surface area contributed by atoms with Gasteiger partial charge in [-0.1, -0.05) is 23.7 Å². The molecule has 0 fully saturated rings. The first-order valence-electron chi connectivity index (χ1n) is 6.87. The molecule has 0 unspecified atom stereocenters. The number of nitrogens with one attached hydrogen (secondary N) is 1. The minimum Gasteiger partial charge on any atom is -0.492 e. The molecule has 21 heavy (non-hydrogen) atoms. The van der Waals surface area contributed by atoms with Crippen molar-refractivity contribution in [1.29, 1.82) is 0 Å². The second-order valence-corrected chi connectivity index (χ2v) is 6.03. The third-order valence-corrected chi connectivity index (χ3v) is 4.20. The van der Waals surface area contributed by atoms with Gasteiger partial charge in [0.25, 0.3) is 0 Å². The molecule has 0 aliphatic carbocycles. The molecule has 114 valence electrons. The van der Waals surface area contributed by atoms with Crippen molar-refractivity contribution in [3.8, 4) is 5.75 Å². The van der Waals surface area contributed by atoms with E-state index < -0.39 is 0 Å². The number of benzene rings is 1. The predicted molar refractivity (Wildman–Crippen MR) is 89.6 cm³/mol. The third kappa shape index (κ3) is 5.19. The maximum atomic E-state index is 6.04. The second-order valence-electron chi connectivity index (χ2n) is 4.76. The predicted octanol–water partition coefficient (Wildman–Crippen LogP) is 3.74. The van der Waals surface area contributed by atoms with Crippen LogP contribution >= 0.6 is 22.9 Å². The Bertz CT molecular complexity index is 561. The molecule has 0 atom stereocenters. The lowest BCUT2D eigenvalue weighted by molar-refractivity contribution is 0.257. The zero-order valence-electron chi connectivity index (χ0n) is 12.3. The second kappa shape index (κ2) is 8.22. The first-order valence-corrected chi connectivity index (χ1v) is 8.13. The van der Waals surface area contributed by atoms with Crippen molar-refractivity contribution >= 4 is 28.1 Å². The molecule has 1 aromatic heterocycles. The van der Waals surface area contributed by atoms with E-state index in [0.717, 1.165) is 36.1 Å². The molecular formula is C15H20ClN3OS. The molecule has 1 aromatic carbocycles. The van der Waals surface area contributed by atoms with E-state index in [-0.39, 0.29) is 0 Å². The van der Waals surface area contributed by atoms with Crippen LogP contribution in [-0.2, 0) is 6.54 Å². The van der Waals surface area contributed by atoms with Crippen molar-refractivity contribution in [3.63, 3.8) is 0 Å². The minimum absolute atomic E-state index is 0.660. The molecule has 0 saturated carbocycles. The number of hydrogen-bond donors (Lipinski definition) is 1. The van der Waals surface area contributed by atoms with Gasteiger partial charge in [-0.2, -0.15) is 0 Å².